The number of nitrogens with two attached hydrogens (primary N) is 1. The van der Waals surface area contributed by atoms with E-state index in [-0.39, 0.29) is 30.7 Å². The normalized spacial score (nSPS) is 20.7. The molecule has 268 valence electrons. The molecule has 0 unspecified atom stereocenters. The van der Waals surface area contributed by atoms with E-state index >= 15 is 0 Å². The van der Waals surface area contributed by atoms with Gasteiger partial charge in [0.1, 0.15) is 11.0 Å². The maximum Gasteiger partial charge on any atom is 0.418 e. The number of carbonyl (C=O) groups excluding carboxylic acids is 3. The van der Waals surface area contributed by atoms with Crippen LogP contribution >= 0.6 is 11.3 Å². The lowest BCUT2D eigenvalue weighted by Crippen LogP contribution is -2.57. The number of benzene rings is 1. The largest absolute Gasteiger partial charge is 0.418 e. The summed E-state index contributed by atoms with van der Waals surface area (Å²) in [5.74, 6) is 0.546. The SMILES string of the molecule is Nc1c(C(F)F)cc(C[C@@H](NC(=O)N2CCC(N3Cc4ccsc4NC3=O)CC2)C(=O)N2CCC(C3CCNCC3)CC2)cc1C(F)(F)F. The molecule has 4 aliphatic rings. The molecule has 0 aliphatic carbocycles. The molecule has 5 N–H and O–H groups in total. The van der Waals surface area contributed by atoms with Crippen LogP contribution in [0.2, 0.25) is 0 Å². The quantitative estimate of drug-likeness (QED) is 0.218. The molecule has 0 radical (unpaired) electrons. The Morgan fingerprint density at radius 3 is 2.29 bits per heavy atom. The van der Waals surface area contributed by atoms with E-state index in [9.17, 15) is 36.3 Å². The van der Waals surface area contributed by atoms with Crippen molar-refractivity contribution >= 4 is 40.0 Å². The summed E-state index contributed by atoms with van der Waals surface area (Å²) in [6, 6.07) is 1.36. The Hall–Kier alpha value is -3.66. The fourth-order valence-electron chi connectivity index (χ4n) is 7.74. The van der Waals surface area contributed by atoms with Gasteiger partial charge in [-0.05, 0) is 92.6 Å². The van der Waals surface area contributed by atoms with Gasteiger partial charge in [-0.1, -0.05) is 0 Å². The number of halogens is 5. The summed E-state index contributed by atoms with van der Waals surface area (Å²) >= 11 is 1.46. The number of fused-ring (bicyclic) bond motifs is 1. The molecule has 5 heterocycles. The maximum atomic E-state index is 14.0. The summed E-state index contributed by atoms with van der Waals surface area (Å²) in [6.07, 6.45) is -4.02. The van der Waals surface area contributed by atoms with Crippen molar-refractivity contribution in [3.05, 3.63) is 45.8 Å². The van der Waals surface area contributed by atoms with Gasteiger partial charge >= 0.3 is 18.2 Å². The molecule has 3 fully saturated rings. The Balaban J connectivity index is 1.16. The van der Waals surface area contributed by atoms with E-state index in [4.69, 9.17) is 5.73 Å². The number of urea groups is 2. The zero-order valence-electron chi connectivity index (χ0n) is 27.0. The first-order valence-corrected chi connectivity index (χ1v) is 17.7. The topological polar surface area (TPSA) is 123 Å². The molecular formula is C33H42F5N7O3S. The first kappa shape index (κ1) is 35.2. The second kappa shape index (κ2) is 14.7. The molecular weight excluding hydrogens is 669 g/mol. The molecule has 0 saturated carbocycles. The van der Waals surface area contributed by atoms with Gasteiger partial charge in [-0.2, -0.15) is 13.2 Å². The third-order valence-electron chi connectivity index (χ3n) is 10.5. The average Bonchev–Trinajstić information content (AvgIpc) is 3.55. The number of alkyl halides is 5. The van der Waals surface area contributed by atoms with Crippen LogP contribution in [0, 0.1) is 11.8 Å². The number of nitrogens with one attached hydrogen (secondary N) is 3. The van der Waals surface area contributed by atoms with Gasteiger partial charge in [-0.3, -0.25) is 10.1 Å². The average molecular weight is 712 g/mol. The van der Waals surface area contributed by atoms with Crippen LogP contribution in [-0.4, -0.2) is 84.0 Å². The highest BCUT2D eigenvalue weighted by molar-refractivity contribution is 7.14. The first-order valence-electron chi connectivity index (χ1n) is 16.9. The standard InChI is InChI=1S/C33H42F5N7O3S/c34-28(35)24-15-19(16-25(27(24)39)33(36,37)38)17-26(30(46)43-10-3-21(4-11-43)20-1-8-40-9-2-20)41-31(47)44-12-5-23(6-13-44)45-18-22-7-14-49-29(22)42-32(45)48/h7,14-16,20-21,23,26,28,40H,1-6,8-13,17-18,39H2,(H,41,47)(H,42,48)/t26-/m1/s1. The number of hydrogen-bond donors (Lipinski definition) is 4. The van der Waals surface area contributed by atoms with E-state index in [1.54, 1.807) is 9.80 Å². The molecule has 49 heavy (non-hydrogen) atoms. The summed E-state index contributed by atoms with van der Waals surface area (Å²) in [4.78, 5) is 45.2. The van der Waals surface area contributed by atoms with Crippen LogP contribution in [0.1, 0.15) is 67.2 Å². The van der Waals surface area contributed by atoms with E-state index in [0.717, 1.165) is 55.4 Å². The molecule has 6 rings (SSSR count). The van der Waals surface area contributed by atoms with Gasteiger partial charge in [0.25, 0.3) is 6.43 Å². The third-order valence-corrected chi connectivity index (χ3v) is 11.4. The Morgan fingerprint density at radius 1 is 0.980 bits per heavy atom. The van der Waals surface area contributed by atoms with Crippen LogP contribution in [0.3, 0.4) is 0 Å². The highest BCUT2D eigenvalue weighted by atomic mass is 32.1. The number of anilines is 2. The van der Waals surface area contributed by atoms with Gasteiger partial charge in [0.2, 0.25) is 5.91 Å². The molecule has 4 aliphatic heterocycles. The Bertz CT molecular complexity index is 1520. The zero-order chi connectivity index (χ0) is 34.9. The zero-order valence-corrected chi connectivity index (χ0v) is 27.9. The van der Waals surface area contributed by atoms with Crippen LogP contribution in [0.5, 0.6) is 0 Å². The monoisotopic (exact) mass is 711 g/mol. The second-order valence-electron chi connectivity index (χ2n) is 13.5. The lowest BCUT2D eigenvalue weighted by molar-refractivity contribution is -0.137. The molecule has 2 aromatic rings. The van der Waals surface area contributed by atoms with Gasteiger partial charge in [-0.15, -0.1) is 11.3 Å². The minimum Gasteiger partial charge on any atom is -0.398 e. The Morgan fingerprint density at radius 2 is 1.63 bits per heavy atom. The van der Waals surface area contributed by atoms with Gasteiger partial charge in [-0.25, -0.2) is 18.4 Å². The molecule has 3 saturated heterocycles. The van der Waals surface area contributed by atoms with Gasteiger partial charge in [0.05, 0.1) is 17.8 Å². The molecule has 1 atom stereocenters. The number of thiophene rings is 1. The minimum absolute atomic E-state index is 0.112. The number of hydrogen-bond acceptors (Lipinski definition) is 6. The lowest BCUT2D eigenvalue weighted by atomic mass is 9.79. The molecule has 0 bridgehead atoms. The summed E-state index contributed by atoms with van der Waals surface area (Å²) in [5, 5.41) is 11.7. The van der Waals surface area contributed by atoms with Gasteiger partial charge in [0.15, 0.2) is 0 Å². The van der Waals surface area contributed by atoms with Crippen molar-refractivity contribution in [2.45, 2.75) is 76.2 Å². The highest BCUT2D eigenvalue weighted by Crippen LogP contribution is 2.39. The van der Waals surface area contributed by atoms with Crippen LogP contribution in [0.25, 0.3) is 0 Å². The fourth-order valence-corrected chi connectivity index (χ4v) is 8.54. The van der Waals surface area contributed by atoms with Crippen molar-refractivity contribution in [1.82, 2.24) is 25.3 Å². The molecule has 10 nitrogen and oxygen atoms in total. The third kappa shape index (κ3) is 7.89. The Kier molecular flexibility index (Phi) is 10.5. The van der Waals surface area contributed by atoms with Crippen molar-refractivity contribution < 1.29 is 36.3 Å². The summed E-state index contributed by atoms with van der Waals surface area (Å²) < 4.78 is 69.2. The second-order valence-corrected chi connectivity index (χ2v) is 14.4. The van der Waals surface area contributed by atoms with Crippen LogP contribution in [0.15, 0.2) is 23.6 Å². The lowest BCUT2D eigenvalue weighted by Gasteiger charge is -2.41. The first-order chi connectivity index (χ1) is 23.4. The molecule has 0 spiro atoms. The molecule has 1 aromatic heterocycles. The predicted octanol–water partition coefficient (Wildman–Crippen LogP) is 5.66. The number of nitrogen functional groups attached to an aromatic ring is 1. The summed E-state index contributed by atoms with van der Waals surface area (Å²) in [5.41, 5.74) is 2.93. The number of nitrogens with zero attached hydrogens (tertiary/aromatic N) is 3. The summed E-state index contributed by atoms with van der Waals surface area (Å²) in [6.45, 7) is 3.83. The number of piperidine rings is 3. The number of carbonyl (C=O) groups is 3. The minimum atomic E-state index is -5.00. The van der Waals surface area contributed by atoms with Crippen LogP contribution in [0.4, 0.5) is 42.2 Å². The highest BCUT2D eigenvalue weighted by Gasteiger charge is 2.38. The van der Waals surface area contributed by atoms with Crippen LogP contribution in [-0.2, 0) is 23.9 Å². The predicted molar refractivity (Wildman–Crippen MR) is 175 cm³/mol. The smallest absolute Gasteiger partial charge is 0.398 e. The van der Waals surface area contributed by atoms with E-state index in [0.29, 0.717) is 50.4 Å². The van der Waals surface area contributed by atoms with E-state index in [2.05, 4.69) is 16.0 Å². The summed E-state index contributed by atoms with van der Waals surface area (Å²) in [7, 11) is 0. The van der Waals surface area contributed by atoms with Crippen molar-refractivity contribution in [1.29, 1.82) is 0 Å². The maximum absolute atomic E-state index is 14.0. The van der Waals surface area contributed by atoms with E-state index in [1.165, 1.54) is 16.2 Å². The van der Waals surface area contributed by atoms with Crippen molar-refractivity contribution in [2.75, 3.05) is 50.3 Å². The number of likely N-dealkylation sites (tertiary alicyclic amines) is 2. The fraction of sp³-hybridized carbons (Fsp3) is 0.606. The number of amides is 5. The van der Waals surface area contributed by atoms with E-state index in [1.807, 2.05) is 11.4 Å². The van der Waals surface area contributed by atoms with Crippen molar-refractivity contribution in [3.63, 3.8) is 0 Å². The molecule has 1 aromatic carbocycles. The van der Waals surface area contributed by atoms with Gasteiger partial charge in [0, 0.05) is 49.8 Å². The van der Waals surface area contributed by atoms with E-state index < -0.39 is 53.8 Å². The van der Waals surface area contributed by atoms with Crippen molar-refractivity contribution in [2.24, 2.45) is 11.8 Å². The molecule has 16 heteroatoms. The van der Waals surface area contributed by atoms with Gasteiger partial charge < -0.3 is 31.1 Å². The molecule has 5 amide bonds. The Labute approximate surface area is 285 Å². The number of rotatable bonds is 7. The van der Waals surface area contributed by atoms with Crippen LogP contribution < -0.4 is 21.7 Å². The van der Waals surface area contributed by atoms with Crippen molar-refractivity contribution in [3.8, 4) is 0 Å².